The summed E-state index contributed by atoms with van der Waals surface area (Å²) in [5.41, 5.74) is 0. The van der Waals surface area contributed by atoms with Gasteiger partial charge in [-0.25, -0.2) is 0 Å². The molecule has 0 aliphatic rings. The normalized spacial score (nSPS) is 8.44. The molecular weight excluding hydrogens is 619 g/mol. The van der Waals surface area contributed by atoms with Crippen LogP contribution in [0.4, 0.5) is 25.9 Å². The van der Waals surface area contributed by atoms with Crippen LogP contribution in [0.1, 0.15) is 0 Å². The van der Waals surface area contributed by atoms with Gasteiger partial charge in [0, 0.05) is 0 Å². The first-order valence-electron chi connectivity index (χ1n) is 10.8. The van der Waals surface area contributed by atoms with E-state index in [-0.39, 0.29) is 10.9 Å². The maximum atomic E-state index is 10.1. The monoisotopic (exact) mass is 647 g/mol. The van der Waals surface area contributed by atoms with Gasteiger partial charge in [-0.15, -0.1) is 0 Å². The Bertz CT molecular complexity index is 798. The van der Waals surface area contributed by atoms with E-state index in [1.54, 1.807) is 0 Å². The molecule has 3 rings (SSSR count). The van der Waals surface area contributed by atoms with Gasteiger partial charge in [-0.2, -0.15) is 0 Å². The van der Waals surface area contributed by atoms with Gasteiger partial charge in [0.15, 0.2) is 14.7 Å². The Balaban J connectivity index is -0.000000261. The first-order chi connectivity index (χ1) is 19.8. The van der Waals surface area contributed by atoms with Crippen LogP contribution in [-0.2, 0) is 10.9 Å². The number of hydrogen-bond donors (Lipinski definition) is 12. The maximum absolute atomic E-state index is 10.1. The van der Waals surface area contributed by atoms with Crippen LogP contribution in [0.15, 0.2) is 106 Å². The van der Waals surface area contributed by atoms with E-state index in [1.807, 2.05) is 0 Å². The molecule has 0 heterocycles. The summed E-state index contributed by atoms with van der Waals surface area (Å²) in [4.78, 5) is 4.08. The fourth-order valence-electron chi connectivity index (χ4n) is 2.08. The van der Waals surface area contributed by atoms with E-state index in [2.05, 4.69) is 91.0 Å². The van der Waals surface area contributed by atoms with E-state index in [0.29, 0.717) is 0 Å². The van der Waals surface area contributed by atoms with Crippen LogP contribution in [0.5, 0.6) is 0 Å². The van der Waals surface area contributed by atoms with E-state index < -0.39 is 44.4 Å². The summed E-state index contributed by atoms with van der Waals surface area (Å²) in [5, 5.41) is 83.3. The minimum absolute atomic E-state index is 0.0146. The molecule has 0 saturated carbocycles. The van der Waals surface area contributed by atoms with E-state index >= 15 is 0 Å². The zero-order valence-electron chi connectivity index (χ0n) is 21.7. The van der Waals surface area contributed by atoms with Crippen molar-refractivity contribution < 1.29 is 86.2 Å². The van der Waals surface area contributed by atoms with Gasteiger partial charge in [-0.05, 0) is 36.4 Å². The fraction of sp³-hybridized carbons (Fsp3) is 0. The summed E-state index contributed by atoms with van der Waals surface area (Å²) in [7, 11) is -16.0. The van der Waals surface area contributed by atoms with Crippen LogP contribution in [0.2, 0.25) is 0 Å². The Morgan fingerprint density at radius 2 is 0.419 bits per heavy atom. The van der Waals surface area contributed by atoms with Gasteiger partial charge < -0.3 is 60.3 Å². The van der Waals surface area contributed by atoms with Gasteiger partial charge in [-0.1, -0.05) is 54.6 Å². The smallest absolute Gasteiger partial charge is 0.398 e. The Labute approximate surface area is 247 Å². The van der Waals surface area contributed by atoms with Crippen LogP contribution in [0, 0.1) is 0 Å². The van der Waals surface area contributed by atoms with Gasteiger partial charge in [0.25, 0.3) is 0 Å². The van der Waals surface area contributed by atoms with E-state index in [1.165, 1.54) is 14.7 Å². The summed E-state index contributed by atoms with van der Waals surface area (Å²) in [6.45, 7) is 0. The summed E-state index contributed by atoms with van der Waals surface area (Å²) < 4.78 is 60.7. The molecule has 0 atom stereocenters. The largest absolute Gasteiger partial charge is 0.674 e. The van der Waals surface area contributed by atoms with Gasteiger partial charge in [0.1, 0.15) is 0 Å². The molecule has 0 aliphatic heterocycles. The van der Waals surface area contributed by atoms with E-state index in [4.69, 9.17) is 60.3 Å². The molecule has 236 valence electrons. The SMILES string of the molecule is OB(O)F.OB(O)F.OB(O)F.OB(O)F.OB(O)F.OB(O)F.c1ccc([S+](c2ccccc2)c2ccccc2)cc1. The third-order valence-corrected chi connectivity index (χ3v) is 5.17. The number of halogens is 6. The standard InChI is InChI=1S/C18H15S.6BFH2O2/c1-4-10-16(11-5-1)19(17-12-6-2-7-13-17)18-14-8-3-9-15-18;6*2-1(3)4/h1-15H;6*3-4H/q+1;;;;;;. The Morgan fingerprint density at radius 3 is 0.535 bits per heavy atom. The average Bonchev–Trinajstić information content (AvgIpc) is 2.84. The third-order valence-electron chi connectivity index (χ3n) is 2.94. The van der Waals surface area contributed by atoms with Crippen LogP contribution >= 0.6 is 0 Å². The highest BCUT2D eigenvalue weighted by Crippen LogP contribution is 2.30. The van der Waals surface area contributed by atoms with E-state index in [0.717, 1.165) is 0 Å². The molecule has 0 aromatic heterocycles. The molecule has 0 unspecified atom stereocenters. The second-order valence-corrected chi connectivity index (χ2v) is 8.14. The Morgan fingerprint density at radius 1 is 0.302 bits per heavy atom. The highest BCUT2D eigenvalue weighted by Gasteiger charge is 2.27. The second-order valence-electron chi connectivity index (χ2n) is 6.11. The first kappa shape index (κ1) is 47.4. The van der Waals surface area contributed by atoms with Gasteiger partial charge in [0.2, 0.25) is 0 Å². The highest BCUT2D eigenvalue weighted by atomic mass is 32.2. The second kappa shape index (κ2) is 32.4. The van der Waals surface area contributed by atoms with Crippen LogP contribution in [0.3, 0.4) is 0 Å². The lowest BCUT2D eigenvalue weighted by molar-refractivity contribution is 0.338. The molecule has 0 amide bonds. The lowest BCUT2D eigenvalue weighted by atomic mass is 10.3. The lowest BCUT2D eigenvalue weighted by Gasteiger charge is -2.07. The van der Waals surface area contributed by atoms with Crippen molar-refractivity contribution in [1.82, 2.24) is 0 Å². The molecule has 25 heteroatoms. The van der Waals surface area contributed by atoms with Crippen molar-refractivity contribution in [3.63, 3.8) is 0 Å². The maximum Gasteiger partial charge on any atom is 0.674 e. The summed E-state index contributed by atoms with van der Waals surface area (Å²) in [5.74, 6) is 0. The molecule has 3 aromatic carbocycles. The predicted octanol–water partition coefficient (Wildman–Crippen LogP) is -1.67. The van der Waals surface area contributed by atoms with Crippen molar-refractivity contribution in [2.24, 2.45) is 0 Å². The molecule has 0 fully saturated rings. The zero-order chi connectivity index (χ0) is 34.4. The first-order valence-corrected chi connectivity index (χ1v) is 12.0. The summed E-state index contributed by atoms with van der Waals surface area (Å²) in [6.07, 6.45) is 0. The average molecular weight is 646 g/mol. The molecule has 0 radical (unpaired) electrons. The molecule has 12 nitrogen and oxygen atoms in total. The van der Waals surface area contributed by atoms with Crippen molar-refractivity contribution in [3.8, 4) is 0 Å². The lowest BCUT2D eigenvalue weighted by Crippen LogP contribution is -2.04. The molecule has 0 aliphatic carbocycles. The van der Waals surface area contributed by atoms with Crippen LogP contribution in [-0.4, -0.2) is 105 Å². The molecule has 43 heavy (non-hydrogen) atoms. The molecule has 3 aromatic rings. The number of rotatable bonds is 3. The quantitative estimate of drug-likeness (QED) is 0.0869. The molecule has 0 bridgehead atoms. The molecule has 12 N–H and O–H groups in total. The minimum atomic E-state index is -2.67. The summed E-state index contributed by atoms with van der Waals surface area (Å²) >= 11 is 0. The Kier molecular flexibility index (Phi) is 35.8. The number of benzene rings is 3. The molecule has 0 spiro atoms. The predicted molar refractivity (Wildman–Crippen MR) is 149 cm³/mol. The zero-order valence-corrected chi connectivity index (χ0v) is 22.5. The Hall–Kier alpha value is -2.50. The topological polar surface area (TPSA) is 243 Å². The highest BCUT2D eigenvalue weighted by molar-refractivity contribution is 7.97. The van der Waals surface area contributed by atoms with Crippen molar-refractivity contribution in [3.05, 3.63) is 91.0 Å². The van der Waals surface area contributed by atoms with Crippen molar-refractivity contribution in [2.75, 3.05) is 0 Å². The molecule has 0 saturated heterocycles. The fourth-order valence-corrected chi connectivity index (χ4v) is 4.18. The minimum Gasteiger partial charge on any atom is -0.398 e. The van der Waals surface area contributed by atoms with E-state index in [9.17, 15) is 25.9 Å². The third kappa shape index (κ3) is 49.5. The van der Waals surface area contributed by atoms with Crippen LogP contribution < -0.4 is 0 Å². The molecular formula is C18H27B6F6O12S+. The van der Waals surface area contributed by atoms with Gasteiger partial charge >= 0.3 is 44.4 Å². The van der Waals surface area contributed by atoms with Gasteiger partial charge in [0.05, 0.1) is 10.9 Å². The van der Waals surface area contributed by atoms with Crippen LogP contribution in [0.25, 0.3) is 0 Å². The number of hydrogen-bond acceptors (Lipinski definition) is 12. The van der Waals surface area contributed by atoms with Gasteiger partial charge in [-0.3, -0.25) is 25.9 Å². The van der Waals surface area contributed by atoms with Crippen molar-refractivity contribution >= 4 is 55.3 Å². The summed E-state index contributed by atoms with van der Waals surface area (Å²) in [6, 6.07) is 32.2. The van der Waals surface area contributed by atoms with Crippen molar-refractivity contribution in [1.29, 1.82) is 0 Å². The van der Waals surface area contributed by atoms with Crippen molar-refractivity contribution in [2.45, 2.75) is 14.7 Å².